The Hall–Kier alpha value is -7.30. The SMILES string of the molecule is CC1COCCN1C(=O)CNc1cc(-c2cnc(NC(=O)C3CC3)cn2)cnc1C#N.COCCN(CC(F)F)C(=O)CNc1cc(-c2cnc(NC(=O)C3CC3)cn2)cnc1C#N. The number of anilines is 4. The second kappa shape index (κ2) is 22.2. The van der Waals surface area contributed by atoms with E-state index in [1.807, 2.05) is 19.1 Å². The van der Waals surface area contributed by atoms with Crippen LogP contribution in [0.25, 0.3) is 22.5 Å². The summed E-state index contributed by atoms with van der Waals surface area (Å²) < 4.78 is 35.8. The van der Waals surface area contributed by atoms with E-state index in [0.29, 0.717) is 59.6 Å². The van der Waals surface area contributed by atoms with Crippen molar-refractivity contribution in [2.75, 3.05) is 80.9 Å². The highest BCUT2D eigenvalue weighted by atomic mass is 19.3. The zero-order valence-electron chi connectivity index (χ0n) is 35.1. The third kappa shape index (κ3) is 13.1. The summed E-state index contributed by atoms with van der Waals surface area (Å²) >= 11 is 0. The molecule has 334 valence electrons. The largest absolute Gasteiger partial charge is 0.383 e. The third-order valence-electron chi connectivity index (χ3n) is 10.1. The first-order valence-corrected chi connectivity index (χ1v) is 20.4. The van der Waals surface area contributed by atoms with Crippen LogP contribution in [0.1, 0.15) is 44.0 Å². The van der Waals surface area contributed by atoms with Crippen molar-refractivity contribution in [1.29, 1.82) is 10.5 Å². The van der Waals surface area contributed by atoms with Gasteiger partial charge in [-0.25, -0.2) is 28.7 Å². The van der Waals surface area contributed by atoms with Crippen LogP contribution in [-0.2, 0) is 28.7 Å². The summed E-state index contributed by atoms with van der Waals surface area (Å²) in [6, 6.07) is 7.25. The molecule has 2 aliphatic carbocycles. The lowest BCUT2D eigenvalue weighted by Crippen LogP contribution is -2.49. The number of hydrogen-bond acceptors (Lipinski definition) is 16. The van der Waals surface area contributed by atoms with Gasteiger partial charge in [0.15, 0.2) is 23.0 Å². The Morgan fingerprint density at radius 1 is 0.812 bits per heavy atom. The second-order valence-corrected chi connectivity index (χ2v) is 15.0. The molecule has 0 spiro atoms. The topological polar surface area (TPSA) is 266 Å². The van der Waals surface area contributed by atoms with Gasteiger partial charge in [-0.05, 0) is 44.7 Å². The number of nitrogens with zero attached hydrogens (tertiary/aromatic N) is 10. The van der Waals surface area contributed by atoms with Gasteiger partial charge >= 0.3 is 0 Å². The maximum absolute atomic E-state index is 12.8. The van der Waals surface area contributed by atoms with Gasteiger partial charge in [-0.2, -0.15) is 10.5 Å². The van der Waals surface area contributed by atoms with Crippen LogP contribution in [0.15, 0.2) is 49.3 Å². The number of carbonyl (C=O) groups is 4. The summed E-state index contributed by atoms with van der Waals surface area (Å²) in [7, 11) is 1.41. The number of aromatic nitrogens is 6. The molecular formula is C42H46F2N14O6. The molecule has 0 radical (unpaired) electrons. The van der Waals surface area contributed by atoms with Gasteiger partial charge in [0.05, 0.1) is 93.0 Å². The highest BCUT2D eigenvalue weighted by molar-refractivity contribution is 5.93. The van der Waals surface area contributed by atoms with E-state index >= 15 is 0 Å². The van der Waals surface area contributed by atoms with Crippen molar-refractivity contribution < 1.29 is 37.4 Å². The average Bonchev–Trinajstić information content (AvgIpc) is 4.24. The van der Waals surface area contributed by atoms with Gasteiger partial charge in [-0.1, -0.05) is 0 Å². The van der Waals surface area contributed by atoms with Crippen molar-refractivity contribution in [3.05, 3.63) is 60.7 Å². The Bertz CT molecular complexity index is 2370. The summed E-state index contributed by atoms with van der Waals surface area (Å²) in [5.74, 6) is 0.0881. The van der Waals surface area contributed by atoms with Crippen LogP contribution in [0, 0.1) is 34.5 Å². The van der Waals surface area contributed by atoms with Gasteiger partial charge in [0.2, 0.25) is 23.6 Å². The van der Waals surface area contributed by atoms with Crippen LogP contribution < -0.4 is 21.3 Å². The van der Waals surface area contributed by atoms with Crippen molar-refractivity contribution in [1.82, 2.24) is 39.7 Å². The zero-order valence-corrected chi connectivity index (χ0v) is 35.1. The second-order valence-electron chi connectivity index (χ2n) is 15.0. The molecule has 1 saturated heterocycles. The standard InChI is InChI=1S/C21H23F2N7O3.C21H23N7O3/c1-33-5-4-30(12-18(22)23)20(31)11-27-15-6-14(8-25-16(15)7-24)17-9-28-19(10-26-17)29-21(32)13-2-3-13;1-13-12-31-5-4-28(13)20(29)11-25-16-6-15(8-23-17(16)7-22)18-9-26-19(10-24-18)27-21(30)14-2-3-14/h6,8-10,13,18,27H,2-5,11-12H2,1H3,(H,28,29,32);6,8-10,13-14,25H,2-5,11-12H2,1H3,(H,26,27,30). The number of nitriles is 2. The molecule has 4 amide bonds. The number of methoxy groups -OCH3 is 1. The van der Waals surface area contributed by atoms with Crippen molar-refractivity contribution in [3.8, 4) is 34.7 Å². The summed E-state index contributed by atoms with van der Waals surface area (Å²) in [5, 5.41) is 30.0. The summed E-state index contributed by atoms with van der Waals surface area (Å²) in [6.45, 7) is 2.68. The normalized spacial score (nSPS) is 15.4. The Balaban J connectivity index is 0.000000213. The minimum atomic E-state index is -2.68. The van der Waals surface area contributed by atoms with Gasteiger partial charge in [-0.15, -0.1) is 0 Å². The highest BCUT2D eigenvalue weighted by Gasteiger charge is 2.31. The number of ether oxygens (including phenoxy) is 2. The molecular weight excluding hydrogens is 835 g/mol. The molecule has 4 N–H and O–H groups in total. The monoisotopic (exact) mass is 880 g/mol. The number of pyridine rings is 2. The molecule has 3 fully saturated rings. The predicted octanol–water partition coefficient (Wildman–Crippen LogP) is 3.33. The predicted molar refractivity (Wildman–Crippen MR) is 226 cm³/mol. The van der Waals surface area contributed by atoms with Gasteiger partial charge in [0, 0.05) is 55.6 Å². The molecule has 1 unspecified atom stereocenters. The minimum Gasteiger partial charge on any atom is -0.383 e. The van der Waals surface area contributed by atoms with Crippen LogP contribution in [0.5, 0.6) is 0 Å². The molecule has 0 bridgehead atoms. The number of amides is 4. The molecule has 7 rings (SSSR count). The summed E-state index contributed by atoms with van der Waals surface area (Å²) in [4.78, 5) is 76.7. The van der Waals surface area contributed by atoms with E-state index in [1.54, 1.807) is 17.0 Å². The summed E-state index contributed by atoms with van der Waals surface area (Å²) in [5.41, 5.74) is 3.05. The molecule has 4 aromatic heterocycles. The fourth-order valence-corrected chi connectivity index (χ4v) is 6.23. The average molecular weight is 881 g/mol. The lowest BCUT2D eigenvalue weighted by molar-refractivity contribution is -0.137. The third-order valence-corrected chi connectivity index (χ3v) is 10.1. The lowest BCUT2D eigenvalue weighted by atomic mass is 10.1. The fourth-order valence-electron chi connectivity index (χ4n) is 6.23. The quantitative estimate of drug-likeness (QED) is 0.118. The maximum atomic E-state index is 12.8. The Kier molecular flexibility index (Phi) is 16.0. The van der Waals surface area contributed by atoms with Crippen LogP contribution >= 0.6 is 0 Å². The smallest absolute Gasteiger partial charge is 0.255 e. The lowest BCUT2D eigenvalue weighted by Gasteiger charge is -2.33. The molecule has 2 saturated carbocycles. The highest BCUT2D eigenvalue weighted by Crippen LogP contribution is 2.31. The van der Waals surface area contributed by atoms with E-state index in [4.69, 9.17) is 9.47 Å². The number of rotatable bonds is 17. The van der Waals surface area contributed by atoms with Crippen molar-refractivity contribution in [2.24, 2.45) is 11.8 Å². The first kappa shape index (κ1) is 46.2. The zero-order chi connectivity index (χ0) is 45.6. The number of carbonyl (C=O) groups excluding carboxylic acids is 4. The number of hydrogen-bond donors (Lipinski definition) is 4. The van der Waals surface area contributed by atoms with Crippen LogP contribution in [0.4, 0.5) is 31.8 Å². The Morgan fingerprint density at radius 2 is 1.34 bits per heavy atom. The van der Waals surface area contributed by atoms with Gasteiger partial charge < -0.3 is 40.5 Å². The van der Waals surface area contributed by atoms with Crippen LogP contribution in [0.2, 0.25) is 0 Å². The van der Waals surface area contributed by atoms with E-state index < -0.39 is 18.9 Å². The number of nitrogens with one attached hydrogen (secondary N) is 4. The molecule has 1 atom stereocenters. The molecule has 64 heavy (non-hydrogen) atoms. The van der Waals surface area contributed by atoms with Crippen LogP contribution in [-0.4, -0.2) is 135 Å². The number of alkyl halides is 2. The van der Waals surface area contributed by atoms with Gasteiger partial charge in [-0.3, -0.25) is 29.1 Å². The van der Waals surface area contributed by atoms with E-state index in [9.17, 15) is 38.5 Å². The maximum Gasteiger partial charge on any atom is 0.255 e. The van der Waals surface area contributed by atoms with Gasteiger partial charge in [0.1, 0.15) is 12.1 Å². The van der Waals surface area contributed by atoms with Gasteiger partial charge in [0.25, 0.3) is 6.43 Å². The summed E-state index contributed by atoms with van der Waals surface area (Å²) in [6.07, 6.45) is 9.76. The molecule has 5 heterocycles. The Morgan fingerprint density at radius 3 is 1.78 bits per heavy atom. The van der Waals surface area contributed by atoms with Crippen molar-refractivity contribution >= 4 is 46.6 Å². The molecule has 22 heteroatoms. The van der Waals surface area contributed by atoms with Crippen molar-refractivity contribution in [3.63, 3.8) is 0 Å². The van der Waals surface area contributed by atoms with Crippen LogP contribution in [0.3, 0.4) is 0 Å². The molecule has 3 aliphatic rings. The first-order valence-electron chi connectivity index (χ1n) is 20.4. The molecule has 0 aromatic carbocycles. The van der Waals surface area contributed by atoms with E-state index in [1.165, 1.54) is 44.3 Å². The van der Waals surface area contributed by atoms with E-state index in [0.717, 1.165) is 30.6 Å². The van der Waals surface area contributed by atoms with Crippen molar-refractivity contribution in [2.45, 2.75) is 45.1 Å². The number of halogens is 2. The molecule has 20 nitrogen and oxygen atoms in total. The fraction of sp³-hybridized carbons (Fsp3) is 0.429. The Labute approximate surface area is 366 Å². The number of morpholine rings is 1. The van der Waals surface area contributed by atoms with E-state index in [-0.39, 0.29) is 78.9 Å². The molecule has 1 aliphatic heterocycles. The minimum absolute atomic E-state index is 0.0112. The van der Waals surface area contributed by atoms with E-state index in [2.05, 4.69) is 51.2 Å². The first-order chi connectivity index (χ1) is 31.0. The molecule has 4 aromatic rings.